The summed E-state index contributed by atoms with van der Waals surface area (Å²) in [5.74, 6) is 0. The maximum absolute atomic E-state index is 6.36. The highest BCUT2D eigenvalue weighted by Gasteiger charge is 2.18. The largest absolute Gasteiger partial charge is 0.456 e. The predicted octanol–water partition coefficient (Wildman–Crippen LogP) is 12.9. The lowest BCUT2D eigenvalue weighted by Gasteiger charge is -2.26. The van der Waals surface area contributed by atoms with Crippen LogP contribution in [0.4, 0.5) is 17.1 Å². The summed E-state index contributed by atoms with van der Waals surface area (Å²) in [5, 5.41) is 12.4. The molecule has 0 unspecified atom stereocenters. The molecule has 0 amide bonds. The quantitative estimate of drug-likeness (QED) is 0.190. The highest BCUT2D eigenvalue weighted by Crippen LogP contribution is 2.43. The van der Waals surface area contributed by atoms with Crippen molar-refractivity contribution < 1.29 is 4.42 Å². The molecule has 2 aromatic heterocycles. The molecular formula is C42H25NOS. The first kappa shape index (κ1) is 24.8. The molecule has 8 aromatic carbocycles. The summed E-state index contributed by atoms with van der Waals surface area (Å²) in [7, 11) is 0. The number of nitrogens with zero attached hydrogens (tertiary/aromatic N) is 1. The number of anilines is 3. The molecule has 10 rings (SSSR count). The molecule has 0 saturated carbocycles. The number of hydrogen-bond acceptors (Lipinski definition) is 3. The minimum Gasteiger partial charge on any atom is -0.456 e. The van der Waals surface area contributed by atoms with Crippen LogP contribution in [0.25, 0.3) is 74.4 Å². The van der Waals surface area contributed by atoms with Crippen molar-refractivity contribution in [2.75, 3.05) is 4.90 Å². The van der Waals surface area contributed by atoms with Crippen LogP contribution in [0, 0.1) is 0 Å². The Morgan fingerprint density at radius 1 is 0.378 bits per heavy atom. The Hall–Kier alpha value is -5.64. The van der Waals surface area contributed by atoms with Crippen LogP contribution in [-0.4, -0.2) is 0 Å². The Balaban J connectivity index is 1.23. The van der Waals surface area contributed by atoms with E-state index in [0.717, 1.165) is 39.0 Å². The molecule has 0 radical (unpaired) electrons. The normalized spacial score (nSPS) is 12.0. The standard InChI is InChI=1S/C42H25NOS/c1-2-8-32-26(7-1)13-14-27-15-16-28-23-29(17-20-33(28)42(27)32)43(30-19-22-41-37(24-30)36-10-4-6-12-40(36)45-41)31-18-21-35-34-9-3-5-11-38(34)44-39(35)25-31/h1-25H. The molecule has 45 heavy (non-hydrogen) atoms. The van der Waals surface area contributed by atoms with Crippen LogP contribution in [0.5, 0.6) is 0 Å². The molecule has 0 atom stereocenters. The zero-order valence-corrected chi connectivity index (χ0v) is 25.0. The Kier molecular flexibility index (Phi) is 5.19. The smallest absolute Gasteiger partial charge is 0.137 e. The lowest BCUT2D eigenvalue weighted by Crippen LogP contribution is -2.09. The van der Waals surface area contributed by atoms with Gasteiger partial charge in [0.1, 0.15) is 11.2 Å². The fourth-order valence-corrected chi connectivity index (χ4v) is 8.20. The van der Waals surface area contributed by atoms with E-state index in [9.17, 15) is 0 Å². The number of hydrogen-bond donors (Lipinski definition) is 0. The van der Waals surface area contributed by atoms with Gasteiger partial charge in [-0.15, -0.1) is 11.3 Å². The number of furan rings is 1. The maximum Gasteiger partial charge on any atom is 0.137 e. The van der Waals surface area contributed by atoms with Gasteiger partial charge in [-0.1, -0.05) is 91.0 Å². The van der Waals surface area contributed by atoms with E-state index in [4.69, 9.17) is 4.42 Å². The summed E-state index contributed by atoms with van der Waals surface area (Å²) in [6.45, 7) is 0. The second-order valence-corrected chi connectivity index (χ2v) is 12.8. The van der Waals surface area contributed by atoms with Crippen LogP contribution in [-0.2, 0) is 0 Å². The first-order valence-electron chi connectivity index (χ1n) is 15.3. The lowest BCUT2D eigenvalue weighted by molar-refractivity contribution is 0.669. The molecule has 0 N–H and O–H groups in total. The number of thiophene rings is 1. The zero-order chi connectivity index (χ0) is 29.5. The average Bonchev–Trinajstić information content (AvgIpc) is 3.66. The molecule has 2 nitrogen and oxygen atoms in total. The third-order valence-corrected chi connectivity index (χ3v) is 10.4. The van der Waals surface area contributed by atoms with Crippen LogP contribution in [0.3, 0.4) is 0 Å². The fraction of sp³-hybridized carbons (Fsp3) is 0. The van der Waals surface area contributed by atoms with Crippen molar-refractivity contribution in [3.05, 3.63) is 152 Å². The second kappa shape index (κ2) is 9.43. The number of rotatable bonds is 3. The molecule has 0 bridgehead atoms. The summed E-state index contributed by atoms with van der Waals surface area (Å²) >= 11 is 1.85. The Bertz CT molecular complexity index is 2790. The van der Waals surface area contributed by atoms with E-state index in [1.54, 1.807) is 0 Å². The minimum absolute atomic E-state index is 0.888. The second-order valence-electron chi connectivity index (χ2n) is 11.7. The Labute approximate surface area is 263 Å². The Morgan fingerprint density at radius 2 is 0.978 bits per heavy atom. The van der Waals surface area contributed by atoms with Gasteiger partial charge >= 0.3 is 0 Å². The molecular weight excluding hydrogens is 567 g/mol. The van der Waals surface area contributed by atoms with Crippen LogP contribution in [0.1, 0.15) is 0 Å². The molecule has 0 spiro atoms. The van der Waals surface area contributed by atoms with E-state index in [-0.39, 0.29) is 0 Å². The molecule has 0 aliphatic heterocycles. The molecule has 0 saturated heterocycles. The van der Waals surface area contributed by atoms with E-state index in [0.29, 0.717) is 0 Å². The molecule has 210 valence electrons. The molecule has 3 heteroatoms. The summed E-state index contributed by atoms with van der Waals surface area (Å²) in [5.41, 5.74) is 5.08. The van der Waals surface area contributed by atoms with Gasteiger partial charge in [0.05, 0.1) is 0 Å². The minimum atomic E-state index is 0.888. The van der Waals surface area contributed by atoms with Crippen molar-refractivity contribution in [3.8, 4) is 0 Å². The van der Waals surface area contributed by atoms with Gasteiger partial charge in [-0.3, -0.25) is 0 Å². The van der Waals surface area contributed by atoms with Crippen molar-refractivity contribution in [2.24, 2.45) is 0 Å². The monoisotopic (exact) mass is 591 g/mol. The number of para-hydroxylation sites is 1. The molecule has 0 aliphatic rings. The average molecular weight is 592 g/mol. The van der Waals surface area contributed by atoms with Gasteiger partial charge in [0.15, 0.2) is 0 Å². The Morgan fingerprint density at radius 3 is 1.89 bits per heavy atom. The summed E-state index contributed by atoms with van der Waals surface area (Å²) in [6.07, 6.45) is 0. The van der Waals surface area contributed by atoms with E-state index < -0.39 is 0 Å². The van der Waals surface area contributed by atoms with Gasteiger partial charge in [0, 0.05) is 54.1 Å². The zero-order valence-electron chi connectivity index (χ0n) is 24.2. The van der Waals surface area contributed by atoms with Gasteiger partial charge in [0.25, 0.3) is 0 Å². The summed E-state index contributed by atoms with van der Waals surface area (Å²) in [4.78, 5) is 2.37. The summed E-state index contributed by atoms with van der Waals surface area (Å²) < 4.78 is 8.97. The van der Waals surface area contributed by atoms with Crippen molar-refractivity contribution >= 4 is 103 Å². The van der Waals surface area contributed by atoms with E-state index in [1.165, 1.54) is 52.5 Å². The van der Waals surface area contributed by atoms with Crippen LogP contribution in [0.15, 0.2) is 156 Å². The molecule has 0 fully saturated rings. The first-order valence-corrected chi connectivity index (χ1v) is 16.1. The topological polar surface area (TPSA) is 16.4 Å². The third kappa shape index (κ3) is 3.75. The number of fused-ring (bicyclic) bond motifs is 11. The van der Waals surface area contributed by atoms with Crippen molar-refractivity contribution in [1.82, 2.24) is 0 Å². The van der Waals surface area contributed by atoms with Gasteiger partial charge in [-0.25, -0.2) is 0 Å². The maximum atomic E-state index is 6.36. The van der Waals surface area contributed by atoms with Gasteiger partial charge < -0.3 is 9.32 Å². The van der Waals surface area contributed by atoms with Crippen molar-refractivity contribution in [3.63, 3.8) is 0 Å². The van der Waals surface area contributed by atoms with Crippen LogP contribution < -0.4 is 4.90 Å². The molecule has 2 heterocycles. The number of benzene rings is 8. The van der Waals surface area contributed by atoms with Crippen molar-refractivity contribution in [1.29, 1.82) is 0 Å². The van der Waals surface area contributed by atoms with Crippen molar-refractivity contribution in [2.45, 2.75) is 0 Å². The van der Waals surface area contributed by atoms with Gasteiger partial charge in [-0.05, 0) is 86.9 Å². The van der Waals surface area contributed by atoms with Crippen LogP contribution >= 0.6 is 11.3 Å². The van der Waals surface area contributed by atoms with Crippen LogP contribution in [0.2, 0.25) is 0 Å². The molecule has 10 aromatic rings. The SMILES string of the molecule is c1ccc2c(c1)ccc1ccc3cc(N(c4ccc5c(c4)oc4ccccc45)c4ccc5sc6ccccc6c5c4)ccc3c12. The van der Waals surface area contributed by atoms with E-state index in [2.05, 4.69) is 144 Å². The predicted molar refractivity (Wildman–Crippen MR) is 194 cm³/mol. The lowest BCUT2D eigenvalue weighted by atomic mass is 9.96. The van der Waals surface area contributed by atoms with E-state index >= 15 is 0 Å². The van der Waals surface area contributed by atoms with E-state index in [1.807, 2.05) is 23.5 Å². The summed E-state index contributed by atoms with van der Waals surface area (Å²) in [6, 6.07) is 55.0. The van der Waals surface area contributed by atoms with Gasteiger partial charge in [0.2, 0.25) is 0 Å². The van der Waals surface area contributed by atoms with Gasteiger partial charge in [-0.2, -0.15) is 0 Å². The third-order valence-electron chi connectivity index (χ3n) is 9.21. The first-order chi connectivity index (χ1) is 22.3. The highest BCUT2D eigenvalue weighted by atomic mass is 32.1. The highest BCUT2D eigenvalue weighted by molar-refractivity contribution is 7.25. The fourth-order valence-electron chi connectivity index (χ4n) is 7.12. The molecule has 0 aliphatic carbocycles.